The standard InChI is InChI=1S/C15H15NS2.Na/c1-15(16-14(17)18,12-8-4-2-5-9-12)13-10-6-3-7-11-13;/h2-11H,1H3,(H2,16,17,18);/q;+1/p-1. The van der Waals surface area contributed by atoms with Crippen molar-refractivity contribution in [3.63, 3.8) is 0 Å². The van der Waals surface area contributed by atoms with Crippen LogP contribution in [0.3, 0.4) is 0 Å². The van der Waals surface area contributed by atoms with Gasteiger partial charge in [-0.25, -0.2) is 0 Å². The molecular formula is C15H14NNaS2. The third kappa shape index (κ3) is 4.01. The van der Waals surface area contributed by atoms with E-state index in [1.54, 1.807) is 0 Å². The van der Waals surface area contributed by atoms with Gasteiger partial charge in [-0.05, 0) is 18.1 Å². The van der Waals surface area contributed by atoms with Crippen LogP contribution < -0.4 is 34.9 Å². The van der Waals surface area contributed by atoms with Gasteiger partial charge in [0.15, 0.2) is 0 Å². The van der Waals surface area contributed by atoms with E-state index in [0.717, 1.165) is 11.1 Å². The first-order valence-corrected chi connectivity index (χ1v) is 6.55. The molecule has 0 saturated carbocycles. The van der Waals surface area contributed by atoms with Crippen molar-refractivity contribution in [1.82, 2.24) is 5.32 Å². The molecule has 0 aliphatic rings. The molecule has 0 aliphatic carbocycles. The Balaban J connectivity index is 0.00000180. The molecule has 4 heteroatoms. The molecule has 0 atom stereocenters. The Hall–Kier alpha value is -0.450. The topological polar surface area (TPSA) is 12.0 Å². The Morgan fingerprint density at radius 3 is 1.63 bits per heavy atom. The van der Waals surface area contributed by atoms with Crippen LogP contribution in [0.1, 0.15) is 18.1 Å². The van der Waals surface area contributed by atoms with Crippen LogP contribution in [-0.2, 0) is 18.2 Å². The summed E-state index contributed by atoms with van der Waals surface area (Å²) in [6.45, 7) is 2.09. The molecule has 2 rings (SSSR count). The summed E-state index contributed by atoms with van der Waals surface area (Å²) < 4.78 is 0.380. The van der Waals surface area contributed by atoms with Crippen molar-refractivity contribution in [2.24, 2.45) is 0 Å². The molecule has 1 N–H and O–H groups in total. The molecule has 0 amide bonds. The molecule has 0 saturated heterocycles. The molecule has 2 aromatic carbocycles. The van der Waals surface area contributed by atoms with E-state index in [-0.39, 0.29) is 35.1 Å². The smallest absolute Gasteiger partial charge is 0.412 e. The van der Waals surface area contributed by atoms with Crippen molar-refractivity contribution in [2.75, 3.05) is 0 Å². The van der Waals surface area contributed by atoms with E-state index in [0.29, 0.717) is 4.32 Å². The number of hydrogen-bond acceptors (Lipinski definition) is 2. The molecule has 1 nitrogen and oxygen atoms in total. The molecule has 19 heavy (non-hydrogen) atoms. The normalized spacial score (nSPS) is 10.4. The second-order valence-electron chi connectivity index (χ2n) is 4.27. The Kier molecular flexibility index (Phi) is 6.43. The molecule has 92 valence electrons. The van der Waals surface area contributed by atoms with E-state index in [1.165, 1.54) is 0 Å². The number of benzene rings is 2. The maximum atomic E-state index is 5.05. The number of nitrogens with one attached hydrogen (secondary N) is 1. The van der Waals surface area contributed by atoms with Gasteiger partial charge < -0.3 is 30.2 Å². The molecular weight excluding hydrogens is 281 g/mol. The van der Waals surface area contributed by atoms with Crippen molar-refractivity contribution >= 4 is 29.2 Å². The average Bonchev–Trinajstić information content (AvgIpc) is 2.40. The second kappa shape index (κ2) is 7.36. The first-order valence-electron chi connectivity index (χ1n) is 5.73. The summed E-state index contributed by atoms with van der Waals surface area (Å²) in [5, 5.41) is 3.24. The minimum Gasteiger partial charge on any atom is -0.412 e. The Labute approximate surface area is 147 Å². The van der Waals surface area contributed by atoms with Gasteiger partial charge in [0.2, 0.25) is 0 Å². The largest absolute Gasteiger partial charge is 1.00 e. The van der Waals surface area contributed by atoms with Crippen LogP contribution >= 0.6 is 12.2 Å². The Morgan fingerprint density at radius 1 is 0.947 bits per heavy atom. The average molecular weight is 295 g/mol. The van der Waals surface area contributed by atoms with E-state index in [1.807, 2.05) is 36.4 Å². The van der Waals surface area contributed by atoms with Crippen LogP contribution in [0.15, 0.2) is 60.7 Å². The number of rotatable bonds is 3. The fraction of sp³-hybridized carbons (Fsp3) is 0.133. The molecule has 0 aliphatic heterocycles. The summed E-state index contributed by atoms with van der Waals surface area (Å²) in [4.78, 5) is 0. The molecule has 0 heterocycles. The SMILES string of the molecule is CC(NC(=S)[S-])(c1ccccc1)c1ccccc1.[Na+]. The summed E-state index contributed by atoms with van der Waals surface area (Å²) >= 11 is 10.1. The molecule has 2 aromatic rings. The zero-order valence-corrected chi connectivity index (χ0v) is 14.7. The molecule has 0 spiro atoms. The van der Waals surface area contributed by atoms with Crippen molar-refractivity contribution < 1.29 is 29.6 Å². The first-order chi connectivity index (χ1) is 8.63. The van der Waals surface area contributed by atoms with E-state index >= 15 is 0 Å². The van der Waals surface area contributed by atoms with Crippen LogP contribution in [0, 0.1) is 0 Å². The monoisotopic (exact) mass is 295 g/mol. The van der Waals surface area contributed by atoms with Gasteiger partial charge >= 0.3 is 29.6 Å². The minimum absolute atomic E-state index is 0. The summed E-state index contributed by atoms with van der Waals surface area (Å²) in [5.74, 6) is 0. The van der Waals surface area contributed by atoms with E-state index in [4.69, 9.17) is 24.8 Å². The predicted octanol–water partition coefficient (Wildman–Crippen LogP) is 0.375. The summed E-state index contributed by atoms with van der Waals surface area (Å²) in [6.07, 6.45) is 0. The number of thiocarbonyl (C=S) groups is 1. The van der Waals surface area contributed by atoms with Crippen molar-refractivity contribution in [3.8, 4) is 0 Å². The van der Waals surface area contributed by atoms with Gasteiger partial charge in [0.25, 0.3) is 0 Å². The third-order valence-corrected chi connectivity index (χ3v) is 3.26. The number of hydrogen-bond donors (Lipinski definition) is 1. The van der Waals surface area contributed by atoms with Gasteiger partial charge in [0.05, 0.1) is 5.54 Å². The van der Waals surface area contributed by atoms with Gasteiger partial charge in [-0.3, -0.25) is 0 Å². The molecule has 0 bridgehead atoms. The summed E-state index contributed by atoms with van der Waals surface area (Å²) in [5.41, 5.74) is 1.90. The fourth-order valence-electron chi connectivity index (χ4n) is 2.06. The van der Waals surface area contributed by atoms with Crippen molar-refractivity contribution in [3.05, 3.63) is 71.8 Å². The maximum absolute atomic E-state index is 5.05. The molecule has 0 aromatic heterocycles. The maximum Gasteiger partial charge on any atom is 1.00 e. The zero-order valence-electron chi connectivity index (χ0n) is 11.1. The van der Waals surface area contributed by atoms with Crippen LogP contribution in [0.25, 0.3) is 0 Å². The molecule has 0 fully saturated rings. The fourth-order valence-corrected chi connectivity index (χ4v) is 2.47. The van der Waals surface area contributed by atoms with E-state index in [2.05, 4.69) is 36.5 Å². The summed E-state index contributed by atoms with van der Waals surface area (Å²) in [7, 11) is 0. The molecule has 0 radical (unpaired) electrons. The van der Waals surface area contributed by atoms with Crippen LogP contribution in [0.5, 0.6) is 0 Å². The minimum atomic E-state index is -0.388. The van der Waals surface area contributed by atoms with Crippen LogP contribution in [0.2, 0.25) is 0 Å². The quantitative estimate of drug-likeness (QED) is 0.499. The van der Waals surface area contributed by atoms with Gasteiger partial charge in [-0.2, -0.15) is 0 Å². The predicted molar refractivity (Wildman–Crippen MR) is 82.4 cm³/mol. The third-order valence-electron chi connectivity index (χ3n) is 3.05. The van der Waals surface area contributed by atoms with Crippen molar-refractivity contribution in [2.45, 2.75) is 12.5 Å². The van der Waals surface area contributed by atoms with E-state index < -0.39 is 0 Å². The van der Waals surface area contributed by atoms with E-state index in [9.17, 15) is 0 Å². The van der Waals surface area contributed by atoms with Gasteiger partial charge in [0, 0.05) is 0 Å². The Morgan fingerprint density at radius 2 is 1.32 bits per heavy atom. The summed E-state index contributed by atoms with van der Waals surface area (Å²) in [6, 6.07) is 20.4. The van der Waals surface area contributed by atoms with Crippen LogP contribution in [-0.4, -0.2) is 4.32 Å². The van der Waals surface area contributed by atoms with Gasteiger partial charge in [0.1, 0.15) is 0 Å². The zero-order chi connectivity index (χ0) is 13.0. The first kappa shape index (κ1) is 16.6. The second-order valence-corrected chi connectivity index (χ2v) is 5.34. The molecule has 0 unspecified atom stereocenters. The Bertz CT molecular complexity index is 489. The van der Waals surface area contributed by atoms with Gasteiger partial charge in [-0.1, -0.05) is 65.0 Å². The van der Waals surface area contributed by atoms with Gasteiger partial charge in [-0.15, -0.1) is 0 Å². The van der Waals surface area contributed by atoms with Crippen molar-refractivity contribution in [1.29, 1.82) is 0 Å². The van der Waals surface area contributed by atoms with Crippen LogP contribution in [0.4, 0.5) is 0 Å².